The van der Waals surface area contributed by atoms with Crippen LogP contribution in [0.3, 0.4) is 0 Å². The molecule has 1 heterocycles. The van der Waals surface area contributed by atoms with Crippen LogP contribution >= 0.6 is 0 Å². The van der Waals surface area contributed by atoms with Crippen LogP contribution < -0.4 is 10.6 Å². The van der Waals surface area contributed by atoms with Gasteiger partial charge in [-0.05, 0) is 30.4 Å². The zero-order valence-corrected chi connectivity index (χ0v) is 16.6. The van der Waals surface area contributed by atoms with Crippen LogP contribution in [0.1, 0.15) is 51.2 Å². The number of hydrogen-bond donors (Lipinski definition) is 2. The Morgan fingerprint density at radius 1 is 1.19 bits per heavy atom. The zero-order chi connectivity index (χ0) is 18.8. The number of nitrogens with one attached hydrogen (secondary N) is 2. The van der Waals surface area contributed by atoms with Crippen molar-refractivity contribution in [3.05, 3.63) is 54.1 Å². The summed E-state index contributed by atoms with van der Waals surface area (Å²) in [6, 6.07) is 9.05. The Hall–Kier alpha value is -2.30. The van der Waals surface area contributed by atoms with Gasteiger partial charge in [-0.15, -0.1) is 0 Å². The van der Waals surface area contributed by atoms with E-state index in [0.29, 0.717) is 6.04 Å². The standard InChI is InChI=1S/C21H33N5/c1-17(2)7-5-8-18(3)25-21(22-4)24-14-19-9-6-10-20(13-19)15-26-12-11-23-16-26/h6,9-13,16-18H,5,7-8,14-15H2,1-4H3,(H2,22,24,25). The quantitative estimate of drug-likeness (QED) is 0.531. The fourth-order valence-corrected chi connectivity index (χ4v) is 2.95. The van der Waals surface area contributed by atoms with E-state index in [-0.39, 0.29) is 0 Å². The summed E-state index contributed by atoms with van der Waals surface area (Å²) >= 11 is 0. The molecule has 2 N–H and O–H groups in total. The van der Waals surface area contributed by atoms with Crippen molar-refractivity contribution in [2.45, 2.75) is 59.2 Å². The molecule has 0 aliphatic heterocycles. The first kappa shape index (κ1) is 20.0. The average molecular weight is 356 g/mol. The molecule has 1 unspecified atom stereocenters. The second-order valence-electron chi connectivity index (χ2n) is 7.35. The molecule has 0 radical (unpaired) electrons. The fourth-order valence-electron chi connectivity index (χ4n) is 2.95. The van der Waals surface area contributed by atoms with E-state index >= 15 is 0 Å². The Morgan fingerprint density at radius 2 is 2.00 bits per heavy atom. The summed E-state index contributed by atoms with van der Waals surface area (Å²) in [5.41, 5.74) is 2.52. The lowest BCUT2D eigenvalue weighted by molar-refractivity contribution is 0.491. The Kier molecular flexibility index (Phi) is 8.19. The zero-order valence-electron chi connectivity index (χ0n) is 16.6. The van der Waals surface area contributed by atoms with E-state index in [1.165, 1.54) is 30.4 Å². The highest BCUT2D eigenvalue weighted by atomic mass is 15.2. The van der Waals surface area contributed by atoms with Crippen molar-refractivity contribution >= 4 is 5.96 Å². The van der Waals surface area contributed by atoms with Gasteiger partial charge in [0, 0.05) is 38.6 Å². The minimum atomic E-state index is 0.424. The van der Waals surface area contributed by atoms with Crippen molar-refractivity contribution in [1.82, 2.24) is 20.2 Å². The van der Waals surface area contributed by atoms with Gasteiger partial charge in [0.15, 0.2) is 5.96 Å². The van der Waals surface area contributed by atoms with Crippen LogP contribution in [-0.4, -0.2) is 28.6 Å². The smallest absolute Gasteiger partial charge is 0.191 e. The van der Waals surface area contributed by atoms with E-state index in [1.54, 1.807) is 0 Å². The van der Waals surface area contributed by atoms with Gasteiger partial charge in [-0.3, -0.25) is 4.99 Å². The lowest BCUT2D eigenvalue weighted by atomic mass is 10.0. The molecule has 0 bridgehead atoms. The van der Waals surface area contributed by atoms with Crippen LogP contribution in [0, 0.1) is 5.92 Å². The van der Waals surface area contributed by atoms with Gasteiger partial charge in [-0.1, -0.05) is 51.0 Å². The van der Waals surface area contributed by atoms with E-state index < -0.39 is 0 Å². The van der Waals surface area contributed by atoms with Crippen molar-refractivity contribution < 1.29 is 0 Å². The molecule has 0 spiro atoms. The number of hydrogen-bond acceptors (Lipinski definition) is 2. The second-order valence-corrected chi connectivity index (χ2v) is 7.35. The van der Waals surface area contributed by atoms with E-state index in [1.807, 2.05) is 25.8 Å². The van der Waals surface area contributed by atoms with Gasteiger partial charge in [0.2, 0.25) is 0 Å². The fraction of sp³-hybridized carbons (Fsp3) is 0.524. The molecule has 1 aromatic carbocycles. The van der Waals surface area contributed by atoms with Gasteiger partial charge in [0.05, 0.1) is 6.33 Å². The maximum Gasteiger partial charge on any atom is 0.191 e. The van der Waals surface area contributed by atoms with Crippen LogP contribution in [0.25, 0.3) is 0 Å². The molecule has 26 heavy (non-hydrogen) atoms. The normalized spacial score (nSPS) is 13.0. The van der Waals surface area contributed by atoms with Gasteiger partial charge in [0.1, 0.15) is 0 Å². The van der Waals surface area contributed by atoms with Crippen LogP contribution in [0.2, 0.25) is 0 Å². The molecule has 0 saturated carbocycles. The van der Waals surface area contributed by atoms with E-state index in [2.05, 4.69) is 70.2 Å². The minimum absolute atomic E-state index is 0.424. The molecule has 0 saturated heterocycles. The second kappa shape index (κ2) is 10.6. The Bertz CT molecular complexity index is 661. The summed E-state index contributed by atoms with van der Waals surface area (Å²) in [5, 5.41) is 6.91. The van der Waals surface area contributed by atoms with Gasteiger partial charge >= 0.3 is 0 Å². The maximum atomic E-state index is 4.35. The molecule has 1 atom stereocenters. The molecule has 0 aliphatic rings. The first-order valence-electron chi connectivity index (χ1n) is 9.57. The Balaban J connectivity index is 1.80. The third-order valence-electron chi connectivity index (χ3n) is 4.40. The molecule has 5 nitrogen and oxygen atoms in total. The van der Waals surface area contributed by atoms with Gasteiger partial charge in [-0.2, -0.15) is 0 Å². The highest BCUT2D eigenvalue weighted by molar-refractivity contribution is 5.79. The summed E-state index contributed by atoms with van der Waals surface area (Å²) in [4.78, 5) is 8.45. The number of nitrogens with zero attached hydrogens (tertiary/aromatic N) is 3. The van der Waals surface area contributed by atoms with Gasteiger partial charge in [-0.25, -0.2) is 4.98 Å². The number of aromatic nitrogens is 2. The van der Waals surface area contributed by atoms with Crippen molar-refractivity contribution in [3.8, 4) is 0 Å². The molecular formula is C21H33N5. The van der Waals surface area contributed by atoms with Gasteiger partial charge < -0.3 is 15.2 Å². The highest BCUT2D eigenvalue weighted by Crippen LogP contribution is 2.09. The molecule has 142 valence electrons. The Labute approximate surface area is 158 Å². The van der Waals surface area contributed by atoms with Gasteiger partial charge in [0.25, 0.3) is 0 Å². The monoisotopic (exact) mass is 355 g/mol. The summed E-state index contributed by atoms with van der Waals surface area (Å²) in [6.45, 7) is 8.38. The van der Waals surface area contributed by atoms with Crippen molar-refractivity contribution in [2.75, 3.05) is 7.05 Å². The molecule has 2 rings (SSSR count). The number of aliphatic imine (C=N–C) groups is 1. The predicted octanol–water partition coefficient (Wildman–Crippen LogP) is 3.81. The largest absolute Gasteiger partial charge is 0.354 e. The van der Waals surface area contributed by atoms with E-state index in [0.717, 1.165) is 25.0 Å². The first-order chi connectivity index (χ1) is 12.6. The third-order valence-corrected chi connectivity index (χ3v) is 4.40. The third kappa shape index (κ3) is 7.30. The predicted molar refractivity (Wildman–Crippen MR) is 109 cm³/mol. The van der Waals surface area contributed by atoms with Crippen LogP contribution in [-0.2, 0) is 13.1 Å². The molecule has 0 fully saturated rings. The van der Waals surface area contributed by atoms with Crippen LogP contribution in [0.5, 0.6) is 0 Å². The lowest BCUT2D eigenvalue weighted by Crippen LogP contribution is -2.41. The lowest BCUT2D eigenvalue weighted by Gasteiger charge is -2.18. The first-order valence-corrected chi connectivity index (χ1v) is 9.57. The van der Waals surface area contributed by atoms with E-state index in [9.17, 15) is 0 Å². The van der Waals surface area contributed by atoms with Crippen molar-refractivity contribution in [3.63, 3.8) is 0 Å². The molecular weight excluding hydrogens is 322 g/mol. The number of benzene rings is 1. The van der Waals surface area contributed by atoms with Crippen LogP contribution in [0.15, 0.2) is 48.0 Å². The molecule has 0 aliphatic carbocycles. The molecule has 5 heteroatoms. The van der Waals surface area contributed by atoms with E-state index in [4.69, 9.17) is 0 Å². The summed E-state index contributed by atoms with van der Waals surface area (Å²) in [7, 11) is 1.83. The Morgan fingerprint density at radius 3 is 2.69 bits per heavy atom. The maximum absolute atomic E-state index is 4.35. The molecule has 1 aromatic heterocycles. The minimum Gasteiger partial charge on any atom is -0.354 e. The van der Waals surface area contributed by atoms with Crippen molar-refractivity contribution in [1.29, 1.82) is 0 Å². The van der Waals surface area contributed by atoms with Crippen LogP contribution in [0.4, 0.5) is 0 Å². The highest BCUT2D eigenvalue weighted by Gasteiger charge is 2.06. The summed E-state index contributed by atoms with van der Waals surface area (Å²) in [6.07, 6.45) is 9.33. The molecule has 2 aromatic rings. The van der Waals surface area contributed by atoms with Crippen molar-refractivity contribution in [2.24, 2.45) is 10.9 Å². The summed E-state index contributed by atoms with van der Waals surface area (Å²) < 4.78 is 2.08. The number of imidazole rings is 1. The number of guanidine groups is 1. The SMILES string of the molecule is CN=C(NCc1cccc(Cn2ccnc2)c1)NC(C)CCCC(C)C. The molecule has 0 amide bonds. The average Bonchev–Trinajstić information content (AvgIpc) is 3.11. The topological polar surface area (TPSA) is 54.2 Å². The number of rotatable bonds is 9. The summed E-state index contributed by atoms with van der Waals surface area (Å²) in [5.74, 6) is 1.64.